The first kappa shape index (κ1) is 18.7. The van der Waals surface area contributed by atoms with Gasteiger partial charge in [0, 0.05) is 17.8 Å². The zero-order chi connectivity index (χ0) is 21.2. The Kier molecular flexibility index (Phi) is 3.96. The van der Waals surface area contributed by atoms with E-state index in [1.54, 1.807) is 18.2 Å². The minimum absolute atomic E-state index is 0.0756. The van der Waals surface area contributed by atoms with Crippen molar-refractivity contribution in [3.63, 3.8) is 0 Å². The second kappa shape index (κ2) is 6.35. The topological polar surface area (TPSA) is 127 Å². The van der Waals surface area contributed by atoms with Gasteiger partial charge < -0.3 is 5.73 Å². The highest BCUT2D eigenvalue weighted by atomic mass is 16.2. The number of hydrogen-bond donors (Lipinski definition) is 2. The zero-order valence-corrected chi connectivity index (χ0v) is 16.2. The number of primary amides is 1. The summed E-state index contributed by atoms with van der Waals surface area (Å²) in [6.45, 7) is 0. The fourth-order valence-electron chi connectivity index (χ4n) is 5.65. The Morgan fingerprint density at radius 1 is 1.20 bits per heavy atom. The molecular formula is C22H21N3O5. The van der Waals surface area contributed by atoms with Gasteiger partial charge in [0.15, 0.2) is 0 Å². The number of nitrogens with zero attached hydrogens (tertiary/aromatic N) is 1. The van der Waals surface area contributed by atoms with E-state index in [-0.39, 0.29) is 35.8 Å². The van der Waals surface area contributed by atoms with Crippen molar-refractivity contribution in [1.29, 1.82) is 0 Å². The van der Waals surface area contributed by atoms with E-state index in [2.05, 4.69) is 11.4 Å². The van der Waals surface area contributed by atoms with Crippen LogP contribution < -0.4 is 11.1 Å². The summed E-state index contributed by atoms with van der Waals surface area (Å²) in [5.41, 5.74) is 6.43. The number of nitrogens with two attached hydrogens (primary N) is 1. The molecular weight excluding hydrogens is 386 g/mol. The maximum absolute atomic E-state index is 13.3. The zero-order valence-electron chi connectivity index (χ0n) is 16.2. The molecule has 30 heavy (non-hydrogen) atoms. The van der Waals surface area contributed by atoms with E-state index >= 15 is 0 Å². The average Bonchev–Trinajstić information content (AvgIpc) is 3.34. The van der Waals surface area contributed by atoms with Crippen LogP contribution in [0.5, 0.6) is 0 Å². The number of rotatable bonds is 4. The molecule has 0 radical (unpaired) electrons. The van der Waals surface area contributed by atoms with Gasteiger partial charge in [0.1, 0.15) is 6.04 Å². The van der Waals surface area contributed by atoms with Crippen molar-refractivity contribution in [1.82, 2.24) is 10.2 Å². The minimum atomic E-state index is -0.998. The molecule has 154 valence electrons. The molecule has 8 heteroatoms. The summed E-state index contributed by atoms with van der Waals surface area (Å²) in [5, 5.41) is 2.20. The summed E-state index contributed by atoms with van der Waals surface area (Å²) >= 11 is 0. The van der Waals surface area contributed by atoms with Crippen LogP contribution in [-0.4, -0.2) is 40.5 Å². The Morgan fingerprint density at radius 3 is 2.70 bits per heavy atom. The van der Waals surface area contributed by atoms with Crippen molar-refractivity contribution in [3.8, 4) is 0 Å². The van der Waals surface area contributed by atoms with E-state index in [1.807, 2.05) is 6.08 Å². The highest BCUT2D eigenvalue weighted by Gasteiger charge is 2.52. The van der Waals surface area contributed by atoms with Gasteiger partial charge in [0.25, 0.3) is 11.8 Å². The summed E-state index contributed by atoms with van der Waals surface area (Å²) in [6.07, 6.45) is 6.26. The number of piperidine rings is 1. The molecule has 2 heterocycles. The van der Waals surface area contributed by atoms with Gasteiger partial charge in [-0.25, -0.2) is 0 Å². The van der Waals surface area contributed by atoms with Crippen LogP contribution in [0.15, 0.2) is 30.4 Å². The van der Waals surface area contributed by atoms with Crippen molar-refractivity contribution in [2.24, 2.45) is 23.0 Å². The molecule has 5 amide bonds. The van der Waals surface area contributed by atoms with Gasteiger partial charge in [0.05, 0.1) is 11.1 Å². The van der Waals surface area contributed by atoms with Gasteiger partial charge >= 0.3 is 0 Å². The van der Waals surface area contributed by atoms with Crippen molar-refractivity contribution >= 4 is 29.5 Å². The Labute approximate surface area is 172 Å². The first-order valence-electron chi connectivity index (χ1n) is 10.1. The number of fused-ring (bicyclic) bond motifs is 3. The lowest BCUT2D eigenvalue weighted by Gasteiger charge is -2.31. The third-order valence-corrected chi connectivity index (χ3v) is 6.99. The smallest absolute Gasteiger partial charge is 0.262 e. The Bertz CT molecular complexity index is 1060. The Hall–Kier alpha value is -3.29. The predicted octanol–water partition coefficient (Wildman–Crippen LogP) is 0.698. The Morgan fingerprint density at radius 2 is 2.00 bits per heavy atom. The third kappa shape index (κ3) is 2.56. The fourth-order valence-corrected chi connectivity index (χ4v) is 5.65. The number of benzene rings is 1. The molecule has 4 unspecified atom stereocenters. The van der Waals surface area contributed by atoms with Gasteiger partial charge in [-0.15, -0.1) is 0 Å². The molecule has 4 aliphatic rings. The van der Waals surface area contributed by atoms with Crippen molar-refractivity contribution in [2.45, 2.75) is 38.1 Å². The van der Waals surface area contributed by atoms with Crippen LogP contribution in [0.2, 0.25) is 0 Å². The second-order valence-electron chi connectivity index (χ2n) is 8.71. The third-order valence-electron chi connectivity index (χ3n) is 6.99. The van der Waals surface area contributed by atoms with Crippen LogP contribution in [0, 0.1) is 17.3 Å². The normalized spacial score (nSPS) is 32.0. The van der Waals surface area contributed by atoms with Crippen LogP contribution in [0.3, 0.4) is 0 Å². The average molecular weight is 407 g/mol. The SMILES string of the molecule is NC(=O)C1CC2C=CC1(Cc1cccc3c1C(=O)N(C1CCC(=O)NC1=O)C3=O)C2. The molecule has 8 nitrogen and oxygen atoms in total. The van der Waals surface area contributed by atoms with E-state index < -0.39 is 35.1 Å². The van der Waals surface area contributed by atoms with E-state index in [4.69, 9.17) is 5.73 Å². The van der Waals surface area contributed by atoms with E-state index in [0.717, 1.165) is 11.3 Å². The molecule has 3 N–H and O–H groups in total. The maximum Gasteiger partial charge on any atom is 0.262 e. The molecule has 1 aromatic rings. The number of allylic oxidation sites excluding steroid dienone is 2. The molecule has 1 saturated carbocycles. The van der Waals surface area contributed by atoms with Gasteiger partial charge in [-0.1, -0.05) is 24.3 Å². The summed E-state index contributed by atoms with van der Waals surface area (Å²) in [7, 11) is 0. The van der Waals surface area contributed by atoms with Crippen LogP contribution in [0.1, 0.15) is 52.0 Å². The molecule has 2 aliphatic carbocycles. The van der Waals surface area contributed by atoms with E-state index in [0.29, 0.717) is 24.3 Å². The molecule has 2 bridgehead atoms. The first-order chi connectivity index (χ1) is 14.3. The minimum Gasteiger partial charge on any atom is -0.369 e. The number of carbonyl (C=O) groups excluding carboxylic acids is 5. The van der Waals surface area contributed by atoms with Crippen molar-refractivity contribution < 1.29 is 24.0 Å². The van der Waals surface area contributed by atoms with Gasteiger partial charge in [-0.2, -0.15) is 0 Å². The van der Waals surface area contributed by atoms with Crippen LogP contribution in [0.4, 0.5) is 0 Å². The highest BCUT2D eigenvalue weighted by Crippen LogP contribution is 2.55. The predicted molar refractivity (Wildman–Crippen MR) is 104 cm³/mol. The van der Waals surface area contributed by atoms with Crippen molar-refractivity contribution in [2.75, 3.05) is 0 Å². The van der Waals surface area contributed by atoms with Crippen molar-refractivity contribution in [3.05, 3.63) is 47.0 Å². The number of amides is 5. The van der Waals surface area contributed by atoms with Crippen LogP contribution in [-0.2, 0) is 20.8 Å². The molecule has 2 fully saturated rings. The quantitative estimate of drug-likeness (QED) is 0.561. The van der Waals surface area contributed by atoms with Crippen LogP contribution >= 0.6 is 0 Å². The van der Waals surface area contributed by atoms with Gasteiger partial charge in [-0.3, -0.25) is 34.2 Å². The summed E-state index contributed by atoms with van der Waals surface area (Å²) in [6, 6.07) is 4.09. The van der Waals surface area contributed by atoms with Gasteiger partial charge in [0.2, 0.25) is 17.7 Å². The highest BCUT2D eigenvalue weighted by molar-refractivity contribution is 6.24. The maximum atomic E-state index is 13.3. The largest absolute Gasteiger partial charge is 0.369 e. The lowest BCUT2D eigenvalue weighted by Crippen LogP contribution is -2.54. The standard InChI is InChI=1S/C22H21N3O5/c23-18(27)14-8-11-6-7-22(14,9-11)10-12-2-1-3-13-17(12)21(30)25(20(13)29)15-4-5-16(26)24-19(15)28/h1-3,6-7,11,14-15H,4-5,8-10H2,(H2,23,27)(H,24,26,28). The summed E-state index contributed by atoms with van der Waals surface area (Å²) < 4.78 is 0. The molecule has 4 atom stereocenters. The lowest BCUT2D eigenvalue weighted by atomic mass is 9.72. The Balaban J connectivity index is 1.50. The molecule has 1 aromatic carbocycles. The van der Waals surface area contributed by atoms with Gasteiger partial charge in [-0.05, 0) is 43.2 Å². The number of carbonyl (C=O) groups is 5. The fraction of sp³-hybridized carbons (Fsp3) is 0.409. The first-order valence-corrected chi connectivity index (χ1v) is 10.1. The lowest BCUT2D eigenvalue weighted by molar-refractivity contribution is -0.136. The number of hydrogen-bond acceptors (Lipinski definition) is 5. The molecule has 0 aromatic heterocycles. The number of imide groups is 2. The monoisotopic (exact) mass is 407 g/mol. The van der Waals surface area contributed by atoms with E-state index in [9.17, 15) is 24.0 Å². The van der Waals surface area contributed by atoms with E-state index in [1.165, 1.54) is 0 Å². The second-order valence-corrected chi connectivity index (χ2v) is 8.71. The molecule has 0 spiro atoms. The summed E-state index contributed by atoms with van der Waals surface area (Å²) in [5.74, 6) is -2.44. The summed E-state index contributed by atoms with van der Waals surface area (Å²) in [4.78, 5) is 63.0. The van der Waals surface area contributed by atoms with Crippen LogP contribution in [0.25, 0.3) is 0 Å². The molecule has 5 rings (SSSR count). The molecule has 1 saturated heterocycles. The molecule has 2 aliphatic heterocycles. The number of nitrogens with one attached hydrogen (secondary N) is 1.